The molecular weight excluding hydrogens is 341 g/mol. The van der Waals surface area contributed by atoms with Gasteiger partial charge in [-0.3, -0.25) is 14.2 Å². The van der Waals surface area contributed by atoms with Crippen molar-refractivity contribution >= 4 is 5.91 Å². The molecule has 0 spiro atoms. The molecule has 0 radical (unpaired) electrons. The van der Waals surface area contributed by atoms with Gasteiger partial charge in [-0.1, -0.05) is 12.1 Å². The van der Waals surface area contributed by atoms with Crippen LogP contribution in [0.2, 0.25) is 0 Å². The summed E-state index contributed by atoms with van der Waals surface area (Å²) >= 11 is 0. The van der Waals surface area contributed by atoms with Crippen LogP contribution in [0.15, 0.2) is 23.0 Å². The second-order valence-corrected chi connectivity index (χ2v) is 6.48. The molecule has 0 aliphatic heterocycles. The predicted molar refractivity (Wildman–Crippen MR) is 93.5 cm³/mol. The summed E-state index contributed by atoms with van der Waals surface area (Å²) < 4.78 is 19.8. The van der Waals surface area contributed by atoms with Gasteiger partial charge in [0.2, 0.25) is 5.75 Å². The topological polar surface area (TPSA) is 93.5 Å². The highest BCUT2D eigenvalue weighted by Gasteiger charge is 2.29. The third-order valence-corrected chi connectivity index (χ3v) is 4.21. The molecule has 1 amide bonds. The molecule has 0 unspecified atom stereocenters. The Balaban J connectivity index is 2.33. The molecule has 0 bridgehead atoms. The first kappa shape index (κ1) is 19.6. The number of carbonyl (C=O) groups is 1. The van der Waals surface area contributed by atoms with Gasteiger partial charge in [0.25, 0.3) is 11.5 Å². The minimum Gasteiger partial charge on any atom is -0.501 e. The molecule has 0 saturated carbocycles. The summed E-state index contributed by atoms with van der Waals surface area (Å²) in [4.78, 5) is 28.8. The van der Waals surface area contributed by atoms with Crippen molar-refractivity contribution in [2.75, 3.05) is 7.11 Å². The summed E-state index contributed by atoms with van der Waals surface area (Å²) in [5.74, 6) is -1.59. The fraction of sp³-hybridized carbons (Fsp3) is 0.389. The van der Waals surface area contributed by atoms with Gasteiger partial charge in [-0.15, -0.1) is 0 Å². The Kier molecular flexibility index (Phi) is 5.46. The number of aromatic nitrogens is 2. The van der Waals surface area contributed by atoms with E-state index in [-0.39, 0.29) is 23.9 Å². The van der Waals surface area contributed by atoms with E-state index in [2.05, 4.69) is 10.3 Å². The summed E-state index contributed by atoms with van der Waals surface area (Å²) in [7, 11) is 2.89. The lowest BCUT2D eigenvalue weighted by atomic mass is 10.1. The van der Waals surface area contributed by atoms with Crippen molar-refractivity contribution < 1.29 is 19.0 Å². The van der Waals surface area contributed by atoms with Gasteiger partial charge in [-0.25, -0.2) is 9.37 Å². The van der Waals surface area contributed by atoms with Crippen LogP contribution in [0.25, 0.3) is 0 Å². The second-order valence-electron chi connectivity index (χ2n) is 6.48. The van der Waals surface area contributed by atoms with E-state index in [0.29, 0.717) is 11.1 Å². The Morgan fingerprint density at radius 3 is 2.65 bits per heavy atom. The van der Waals surface area contributed by atoms with Gasteiger partial charge in [0.1, 0.15) is 17.2 Å². The van der Waals surface area contributed by atoms with Gasteiger partial charge in [0, 0.05) is 20.7 Å². The first-order valence-corrected chi connectivity index (χ1v) is 7.97. The zero-order chi connectivity index (χ0) is 19.6. The zero-order valence-electron chi connectivity index (χ0n) is 15.4. The molecule has 0 aliphatic carbocycles. The summed E-state index contributed by atoms with van der Waals surface area (Å²) in [6, 6.07) is 4.45. The van der Waals surface area contributed by atoms with E-state index in [1.807, 2.05) is 0 Å². The number of nitrogens with zero attached hydrogens (tertiary/aromatic N) is 2. The Hall–Kier alpha value is -2.74. The molecule has 2 rings (SSSR count). The van der Waals surface area contributed by atoms with Crippen LogP contribution in [0.3, 0.4) is 0 Å². The lowest BCUT2D eigenvalue weighted by molar-refractivity contribution is 0.00768. The average Bonchev–Trinajstić information content (AvgIpc) is 2.60. The fourth-order valence-corrected chi connectivity index (χ4v) is 2.46. The zero-order valence-corrected chi connectivity index (χ0v) is 15.4. The number of aryl methyl sites for hydroxylation is 1. The van der Waals surface area contributed by atoms with E-state index in [0.717, 1.165) is 4.57 Å². The van der Waals surface area contributed by atoms with Gasteiger partial charge >= 0.3 is 0 Å². The molecule has 2 aromatic rings. The monoisotopic (exact) mass is 363 g/mol. The first-order valence-electron chi connectivity index (χ1n) is 7.97. The summed E-state index contributed by atoms with van der Waals surface area (Å²) in [6.07, 6.45) is 0. The lowest BCUT2D eigenvalue weighted by Crippen LogP contribution is -2.35. The van der Waals surface area contributed by atoms with Crippen molar-refractivity contribution in [1.29, 1.82) is 0 Å². The SMILES string of the molecule is COC(C)(C)c1nc(C(=O)NCc2ccc(F)c(C)c2)c(O)c(=O)n1C. The van der Waals surface area contributed by atoms with Gasteiger partial charge in [-0.2, -0.15) is 0 Å². The number of hydrogen-bond donors (Lipinski definition) is 2. The van der Waals surface area contributed by atoms with Crippen LogP contribution in [0.1, 0.15) is 41.3 Å². The minimum atomic E-state index is -0.940. The smallest absolute Gasteiger partial charge is 0.296 e. The summed E-state index contributed by atoms with van der Waals surface area (Å²) in [5.41, 5.74) is -0.937. The van der Waals surface area contributed by atoms with Crippen LogP contribution in [0, 0.1) is 12.7 Å². The Morgan fingerprint density at radius 2 is 2.08 bits per heavy atom. The van der Waals surface area contributed by atoms with Crippen LogP contribution in [0.5, 0.6) is 5.75 Å². The van der Waals surface area contributed by atoms with Crippen molar-refractivity contribution in [3.05, 3.63) is 57.0 Å². The maximum atomic E-state index is 13.3. The molecule has 0 aliphatic rings. The molecule has 1 aromatic heterocycles. The van der Waals surface area contributed by atoms with E-state index in [1.54, 1.807) is 32.9 Å². The Bertz CT molecular complexity index is 906. The molecule has 140 valence electrons. The number of nitrogens with one attached hydrogen (secondary N) is 1. The van der Waals surface area contributed by atoms with E-state index < -0.39 is 22.8 Å². The van der Waals surface area contributed by atoms with E-state index in [1.165, 1.54) is 20.2 Å². The van der Waals surface area contributed by atoms with E-state index >= 15 is 0 Å². The normalized spacial score (nSPS) is 11.5. The molecule has 0 fully saturated rings. The van der Waals surface area contributed by atoms with Crippen molar-refractivity contribution in [2.24, 2.45) is 7.05 Å². The van der Waals surface area contributed by atoms with Crippen LogP contribution < -0.4 is 10.9 Å². The molecule has 0 atom stereocenters. The van der Waals surface area contributed by atoms with Gasteiger partial charge in [0.05, 0.1) is 0 Å². The number of amides is 1. The van der Waals surface area contributed by atoms with Gasteiger partial charge in [-0.05, 0) is 38.0 Å². The highest BCUT2D eigenvalue weighted by Crippen LogP contribution is 2.22. The molecule has 26 heavy (non-hydrogen) atoms. The molecule has 2 N–H and O–H groups in total. The predicted octanol–water partition coefficient (Wildman–Crippen LogP) is 1.74. The third-order valence-electron chi connectivity index (χ3n) is 4.21. The molecule has 1 heterocycles. The fourth-order valence-electron chi connectivity index (χ4n) is 2.46. The van der Waals surface area contributed by atoms with Gasteiger partial charge < -0.3 is 15.2 Å². The number of halogens is 1. The summed E-state index contributed by atoms with van der Waals surface area (Å²) in [6.45, 7) is 5.09. The minimum absolute atomic E-state index is 0.0965. The molecule has 0 saturated heterocycles. The molecular formula is C18H22FN3O4. The number of rotatable bonds is 5. The average molecular weight is 363 g/mol. The van der Waals surface area contributed by atoms with Crippen molar-refractivity contribution in [3.63, 3.8) is 0 Å². The Morgan fingerprint density at radius 1 is 1.42 bits per heavy atom. The van der Waals surface area contributed by atoms with Gasteiger partial charge in [0.15, 0.2) is 5.69 Å². The maximum Gasteiger partial charge on any atom is 0.296 e. The molecule has 1 aromatic carbocycles. The number of carbonyl (C=O) groups excluding carboxylic acids is 1. The quantitative estimate of drug-likeness (QED) is 0.844. The standard InChI is InChI=1S/C18H22FN3O4/c1-10-8-11(6-7-12(10)19)9-20-15(24)13-14(23)16(25)22(4)17(21-13)18(2,3)26-5/h6-8,23H,9H2,1-5H3,(H,20,24). The lowest BCUT2D eigenvalue weighted by Gasteiger charge is -2.25. The first-order chi connectivity index (χ1) is 12.1. The number of hydrogen-bond acceptors (Lipinski definition) is 5. The number of benzene rings is 1. The van der Waals surface area contributed by atoms with Crippen LogP contribution in [-0.2, 0) is 23.9 Å². The number of ether oxygens (including phenoxy) is 1. The van der Waals surface area contributed by atoms with Crippen molar-refractivity contribution in [1.82, 2.24) is 14.9 Å². The molecule has 7 nitrogen and oxygen atoms in total. The number of methoxy groups -OCH3 is 1. The highest BCUT2D eigenvalue weighted by atomic mass is 19.1. The maximum absolute atomic E-state index is 13.3. The van der Waals surface area contributed by atoms with E-state index in [4.69, 9.17) is 4.74 Å². The highest BCUT2D eigenvalue weighted by molar-refractivity contribution is 5.94. The Labute approximate surface area is 150 Å². The van der Waals surface area contributed by atoms with Crippen LogP contribution >= 0.6 is 0 Å². The second kappa shape index (κ2) is 7.25. The van der Waals surface area contributed by atoms with Crippen LogP contribution in [0.4, 0.5) is 4.39 Å². The largest absolute Gasteiger partial charge is 0.501 e. The molecule has 8 heteroatoms. The summed E-state index contributed by atoms with van der Waals surface area (Å²) in [5, 5.41) is 12.6. The number of aromatic hydroxyl groups is 1. The van der Waals surface area contributed by atoms with Crippen LogP contribution in [-0.4, -0.2) is 27.7 Å². The van der Waals surface area contributed by atoms with Crippen molar-refractivity contribution in [2.45, 2.75) is 32.9 Å². The van der Waals surface area contributed by atoms with Crippen molar-refractivity contribution in [3.8, 4) is 5.75 Å². The van der Waals surface area contributed by atoms with E-state index in [9.17, 15) is 19.1 Å². The third kappa shape index (κ3) is 3.75.